The Labute approximate surface area is 149 Å². The highest BCUT2D eigenvalue weighted by Gasteiger charge is 2.14. The van der Waals surface area contributed by atoms with E-state index < -0.39 is 0 Å². The summed E-state index contributed by atoms with van der Waals surface area (Å²) in [5, 5.41) is 2.91. The number of hydrogen-bond acceptors (Lipinski definition) is 4. The first kappa shape index (κ1) is 17.3. The van der Waals surface area contributed by atoms with E-state index in [0.29, 0.717) is 11.3 Å². The predicted molar refractivity (Wildman–Crippen MR) is 103 cm³/mol. The number of allylic oxidation sites excluding steroid dienone is 3. The van der Waals surface area contributed by atoms with E-state index in [1.807, 2.05) is 37.3 Å². The third-order valence-corrected chi connectivity index (χ3v) is 4.72. The van der Waals surface area contributed by atoms with E-state index in [9.17, 15) is 4.79 Å². The summed E-state index contributed by atoms with van der Waals surface area (Å²) < 4.78 is 0. The van der Waals surface area contributed by atoms with Gasteiger partial charge in [0.25, 0.3) is 5.91 Å². The Kier molecular flexibility index (Phi) is 5.24. The fraction of sp³-hybridized carbons (Fsp3) is 0.350. The van der Waals surface area contributed by atoms with Gasteiger partial charge in [-0.25, -0.2) is 0 Å². The number of nitrogens with one attached hydrogen (secondary N) is 1. The van der Waals surface area contributed by atoms with Crippen molar-refractivity contribution in [2.24, 2.45) is 0 Å². The first-order valence-electron chi connectivity index (χ1n) is 8.70. The number of rotatable bonds is 3. The molecule has 2 aliphatic rings. The third-order valence-electron chi connectivity index (χ3n) is 4.72. The molecular weight excluding hydrogens is 312 g/mol. The van der Waals surface area contributed by atoms with Crippen LogP contribution in [0.4, 0.5) is 11.4 Å². The molecule has 1 saturated heterocycles. The number of nitrogens with zero attached hydrogens (tertiary/aromatic N) is 2. The number of hydrogen-bond donors (Lipinski definition) is 2. The molecule has 5 heteroatoms. The van der Waals surface area contributed by atoms with Crippen molar-refractivity contribution >= 4 is 17.3 Å². The first-order chi connectivity index (χ1) is 12.0. The Morgan fingerprint density at radius 2 is 1.96 bits per heavy atom. The molecule has 1 aromatic rings. The fourth-order valence-corrected chi connectivity index (χ4v) is 2.93. The van der Waals surface area contributed by atoms with Gasteiger partial charge in [-0.15, -0.1) is 0 Å². The van der Waals surface area contributed by atoms with Gasteiger partial charge in [0.1, 0.15) is 0 Å². The zero-order chi connectivity index (χ0) is 17.8. The number of amides is 1. The van der Waals surface area contributed by atoms with Crippen molar-refractivity contribution in [2.75, 3.05) is 44.3 Å². The van der Waals surface area contributed by atoms with Gasteiger partial charge < -0.3 is 20.9 Å². The molecule has 1 fully saturated rings. The highest BCUT2D eigenvalue weighted by Crippen LogP contribution is 2.20. The number of aryl methyl sites for hydroxylation is 1. The van der Waals surface area contributed by atoms with Crippen molar-refractivity contribution in [3.8, 4) is 0 Å². The van der Waals surface area contributed by atoms with Crippen molar-refractivity contribution in [1.82, 2.24) is 9.80 Å². The molecular formula is C20H26N4O. The van der Waals surface area contributed by atoms with Crippen LogP contribution in [0.1, 0.15) is 12.0 Å². The van der Waals surface area contributed by atoms with E-state index in [4.69, 9.17) is 5.73 Å². The lowest BCUT2D eigenvalue weighted by atomic mass is 10.0. The molecule has 1 aromatic carbocycles. The smallest absolute Gasteiger partial charge is 0.255 e. The topological polar surface area (TPSA) is 61.6 Å². The van der Waals surface area contributed by atoms with Crippen LogP contribution >= 0.6 is 0 Å². The normalized spacial score (nSPS) is 19.8. The van der Waals surface area contributed by atoms with Gasteiger partial charge in [-0.3, -0.25) is 4.79 Å². The van der Waals surface area contributed by atoms with Gasteiger partial charge in [0, 0.05) is 49.3 Å². The molecule has 0 aromatic heterocycles. The van der Waals surface area contributed by atoms with E-state index in [2.05, 4.69) is 28.4 Å². The molecule has 3 N–H and O–H groups in total. The Morgan fingerprint density at radius 3 is 2.60 bits per heavy atom. The number of nitrogens with two attached hydrogens (primary N) is 1. The lowest BCUT2D eigenvalue weighted by molar-refractivity contribution is -0.112. The minimum absolute atomic E-state index is 0.0989. The van der Waals surface area contributed by atoms with Crippen LogP contribution in [-0.4, -0.2) is 48.9 Å². The molecule has 1 heterocycles. The summed E-state index contributed by atoms with van der Waals surface area (Å²) >= 11 is 0. The summed E-state index contributed by atoms with van der Waals surface area (Å²) in [6, 6.07) is 5.57. The van der Waals surface area contributed by atoms with Gasteiger partial charge in [0.05, 0.1) is 0 Å². The Morgan fingerprint density at radius 1 is 1.20 bits per heavy atom. The van der Waals surface area contributed by atoms with Crippen LogP contribution < -0.4 is 11.1 Å². The predicted octanol–water partition coefficient (Wildman–Crippen LogP) is 2.53. The number of nitrogen functional groups attached to an aromatic ring is 1. The molecule has 1 aliphatic heterocycles. The van der Waals surface area contributed by atoms with Crippen LogP contribution in [0.25, 0.3) is 0 Å². The van der Waals surface area contributed by atoms with E-state index in [-0.39, 0.29) is 5.91 Å². The van der Waals surface area contributed by atoms with E-state index in [1.165, 1.54) is 5.57 Å². The number of anilines is 2. The molecule has 0 unspecified atom stereocenters. The van der Waals surface area contributed by atoms with Crippen molar-refractivity contribution < 1.29 is 4.79 Å². The Balaban J connectivity index is 1.58. The maximum absolute atomic E-state index is 12.4. The van der Waals surface area contributed by atoms with E-state index in [1.54, 1.807) is 6.07 Å². The Hall–Kier alpha value is -2.53. The molecule has 0 radical (unpaired) electrons. The molecule has 5 nitrogen and oxygen atoms in total. The molecule has 132 valence electrons. The SMILES string of the molecule is Cc1ccc(NC(=O)C2=CCC(=CN3CCN(C)CC3)C=C2)cc1N. The van der Waals surface area contributed by atoms with Crippen LogP contribution in [-0.2, 0) is 4.79 Å². The van der Waals surface area contributed by atoms with Crippen molar-refractivity contribution in [1.29, 1.82) is 0 Å². The highest BCUT2D eigenvalue weighted by atomic mass is 16.1. The average Bonchev–Trinajstić information content (AvgIpc) is 2.61. The number of benzene rings is 1. The van der Waals surface area contributed by atoms with E-state index >= 15 is 0 Å². The van der Waals surface area contributed by atoms with Crippen LogP contribution in [0.5, 0.6) is 0 Å². The highest BCUT2D eigenvalue weighted by molar-refractivity contribution is 6.06. The maximum atomic E-state index is 12.4. The molecule has 0 bridgehead atoms. The Bertz CT molecular complexity index is 740. The number of carbonyl (C=O) groups is 1. The largest absolute Gasteiger partial charge is 0.398 e. The fourth-order valence-electron chi connectivity index (χ4n) is 2.93. The zero-order valence-electron chi connectivity index (χ0n) is 15.0. The summed E-state index contributed by atoms with van der Waals surface area (Å²) in [7, 11) is 2.15. The molecule has 0 atom stereocenters. The summed E-state index contributed by atoms with van der Waals surface area (Å²) in [5.41, 5.74) is 10.2. The molecule has 3 rings (SSSR count). The van der Waals surface area contributed by atoms with Crippen LogP contribution in [0, 0.1) is 6.92 Å². The molecule has 0 saturated carbocycles. The molecule has 1 amide bonds. The van der Waals surface area contributed by atoms with Crippen molar-refractivity contribution in [3.63, 3.8) is 0 Å². The third kappa shape index (κ3) is 4.51. The molecule has 1 aliphatic carbocycles. The second-order valence-corrected chi connectivity index (χ2v) is 6.77. The minimum Gasteiger partial charge on any atom is -0.398 e. The lowest BCUT2D eigenvalue weighted by Gasteiger charge is -2.32. The summed E-state index contributed by atoms with van der Waals surface area (Å²) in [6.07, 6.45) is 8.90. The quantitative estimate of drug-likeness (QED) is 0.832. The van der Waals surface area contributed by atoms with Gasteiger partial charge in [-0.1, -0.05) is 18.2 Å². The van der Waals surface area contributed by atoms with Crippen molar-refractivity contribution in [2.45, 2.75) is 13.3 Å². The summed E-state index contributed by atoms with van der Waals surface area (Å²) in [5.74, 6) is -0.0989. The monoisotopic (exact) mass is 338 g/mol. The zero-order valence-corrected chi connectivity index (χ0v) is 15.0. The van der Waals surface area contributed by atoms with Gasteiger partial charge >= 0.3 is 0 Å². The van der Waals surface area contributed by atoms with Gasteiger partial charge in [0.2, 0.25) is 0 Å². The van der Waals surface area contributed by atoms with E-state index in [0.717, 1.165) is 43.9 Å². The van der Waals surface area contributed by atoms with Crippen molar-refractivity contribution in [3.05, 3.63) is 59.3 Å². The second-order valence-electron chi connectivity index (χ2n) is 6.77. The van der Waals surface area contributed by atoms with Crippen LogP contribution in [0.3, 0.4) is 0 Å². The van der Waals surface area contributed by atoms with Gasteiger partial charge in [-0.05, 0) is 49.7 Å². The first-order valence-corrected chi connectivity index (χ1v) is 8.70. The van der Waals surface area contributed by atoms with Crippen LogP contribution in [0.2, 0.25) is 0 Å². The minimum atomic E-state index is -0.0989. The lowest BCUT2D eigenvalue weighted by Crippen LogP contribution is -2.41. The summed E-state index contributed by atoms with van der Waals surface area (Å²) in [6.45, 7) is 6.24. The van der Waals surface area contributed by atoms with Gasteiger partial charge in [-0.2, -0.15) is 0 Å². The number of carbonyl (C=O) groups excluding carboxylic acids is 1. The average molecular weight is 338 g/mol. The number of piperazine rings is 1. The second kappa shape index (κ2) is 7.57. The number of likely N-dealkylation sites (N-methyl/N-ethyl adjacent to an activating group) is 1. The van der Waals surface area contributed by atoms with Crippen LogP contribution in [0.15, 0.2) is 53.8 Å². The van der Waals surface area contributed by atoms with Gasteiger partial charge in [0.15, 0.2) is 0 Å². The molecule has 0 spiro atoms. The summed E-state index contributed by atoms with van der Waals surface area (Å²) in [4.78, 5) is 17.1. The standard InChI is InChI=1S/C20H26N4O/c1-15-3-8-18(13-19(15)21)22-20(25)17-6-4-16(5-7-17)14-24-11-9-23(2)10-12-24/h3-4,6-8,13-14H,5,9-12,21H2,1-2H3,(H,22,25). The molecule has 25 heavy (non-hydrogen) atoms. The maximum Gasteiger partial charge on any atom is 0.255 e.